The number of rotatable bonds is 5. The molecule has 3 heterocycles. The Labute approximate surface area is 121 Å². The standard InChI is InChI=1S/C13H17N7O/c1-4-14-13-17-11-10(6-15-19-11)12(18-13)21-9-5-16-20(7-9)8(2)3/h5-8H,4H2,1-3H3,(H2,14,15,17,18,19). The summed E-state index contributed by atoms with van der Waals surface area (Å²) in [5.74, 6) is 1.58. The van der Waals surface area contributed by atoms with Crippen molar-refractivity contribution in [2.75, 3.05) is 11.9 Å². The van der Waals surface area contributed by atoms with Crippen LogP contribution in [-0.2, 0) is 0 Å². The minimum Gasteiger partial charge on any atom is -0.435 e. The molecule has 0 saturated carbocycles. The SMILES string of the molecule is CCNc1nc(Oc2cnn(C(C)C)c2)c2cn[nH]c2n1. The Morgan fingerprint density at radius 1 is 1.33 bits per heavy atom. The predicted octanol–water partition coefficient (Wildman–Crippen LogP) is 2.35. The van der Waals surface area contributed by atoms with Gasteiger partial charge >= 0.3 is 0 Å². The first-order valence-electron chi connectivity index (χ1n) is 6.84. The Balaban J connectivity index is 1.96. The van der Waals surface area contributed by atoms with Gasteiger partial charge < -0.3 is 10.1 Å². The highest BCUT2D eigenvalue weighted by Crippen LogP contribution is 2.27. The number of aromatic amines is 1. The molecule has 0 aliphatic carbocycles. The van der Waals surface area contributed by atoms with Crippen LogP contribution >= 0.6 is 0 Å². The lowest BCUT2D eigenvalue weighted by Crippen LogP contribution is -2.03. The van der Waals surface area contributed by atoms with E-state index in [0.717, 1.165) is 11.9 Å². The minimum atomic E-state index is 0.277. The Kier molecular flexibility index (Phi) is 3.43. The van der Waals surface area contributed by atoms with Gasteiger partial charge in [-0.1, -0.05) is 0 Å². The van der Waals surface area contributed by atoms with Gasteiger partial charge in [-0.2, -0.15) is 20.2 Å². The van der Waals surface area contributed by atoms with E-state index in [1.807, 2.05) is 17.8 Å². The molecule has 0 bridgehead atoms. The molecule has 0 aliphatic rings. The van der Waals surface area contributed by atoms with Gasteiger partial charge in [0.05, 0.1) is 18.6 Å². The zero-order valence-electron chi connectivity index (χ0n) is 12.2. The van der Waals surface area contributed by atoms with Crippen molar-refractivity contribution in [1.82, 2.24) is 29.9 Å². The second kappa shape index (κ2) is 5.39. The fourth-order valence-corrected chi connectivity index (χ4v) is 1.89. The van der Waals surface area contributed by atoms with E-state index >= 15 is 0 Å². The Morgan fingerprint density at radius 2 is 2.19 bits per heavy atom. The Hall–Kier alpha value is -2.64. The van der Waals surface area contributed by atoms with Gasteiger partial charge in [-0.25, -0.2) is 0 Å². The van der Waals surface area contributed by atoms with E-state index in [2.05, 4.69) is 44.4 Å². The van der Waals surface area contributed by atoms with Crippen LogP contribution in [0.3, 0.4) is 0 Å². The second-order valence-corrected chi connectivity index (χ2v) is 4.87. The van der Waals surface area contributed by atoms with Crippen molar-refractivity contribution >= 4 is 17.0 Å². The fraction of sp³-hybridized carbons (Fsp3) is 0.385. The van der Waals surface area contributed by atoms with Gasteiger partial charge in [0.25, 0.3) is 0 Å². The monoisotopic (exact) mass is 287 g/mol. The average Bonchev–Trinajstić information content (AvgIpc) is 3.07. The number of hydrogen-bond donors (Lipinski definition) is 2. The van der Waals surface area contributed by atoms with Crippen molar-refractivity contribution in [1.29, 1.82) is 0 Å². The van der Waals surface area contributed by atoms with Gasteiger partial charge in [0.15, 0.2) is 11.4 Å². The van der Waals surface area contributed by atoms with Gasteiger partial charge in [0, 0.05) is 12.6 Å². The van der Waals surface area contributed by atoms with Gasteiger partial charge in [0.1, 0.15) is 5.39 Å². The third kappa shape index (κ3) is 2.64. The maximum absolute atomic E-state index is 5.83. The molecule has 8 heteroatoms. The molecule has 0 amide bonds. The summed E-state index contributed by atoms with van der Waals surface area (Å²) in [5.41, 5.74) is 0.632. The largest absolute Gasteiger partial charge is 0.435 e. The van der Waals surface area contributed by atoms with Crippen molar-refractivity contribution < 1.29 is 4.74 Å². The third-order valence-corrected chi connectivity index (χ3v) is 2.93. The second-order valence-electron chi connectivity index (χ2n) is 4.87. The summed E-state index contributed by atoms with van der Waals surface area (Å²) in [6.07, 6.45) is 5.15. The smallest absolute Gasteiger partial charge is 0.235 e. The topological polar surface area (TPSA) is 93.5 Å². The van der Waals surface area contributed by atoms with Gasteiger partial charge in [0.2, 0.25) is 11.8 Å². The number of H-pyrrole nitrogens is 1. The molecule has 3 aromatic rings. The minimum absolute atomic E-state index is 0.277. The molecule has 8 nitrogen and oxygen atoms in total. The van der Waals surface area contributed by atoms with Crippen molar-refractivity contribution in [2.45, 2.75) is 26.8 Å². The van der Waals surface area contributed by atoms with Crippen LogP contribution in [0.15, 0.2) is 18.6 Å². The molecule has 0 radical (unpaired) electrons. The lowest BCUT2D eigenvalue weighted by atomic mass is 10.4. The van der Waals surface area contributed by atoms with Gasteiger partial charge in [-0.15, -0.1) is 0 Å². The molecule has 2 N–H and O–H groups in total. The van der Waals surface area contributed by atoms with Crippen LogP contribution in [0.5, 0.6) is 11.6 Å². The number of hydrogen-bond acceptors (Lipinski definition) is 6. The average molecular weight is 287 g/mol. The summed E-state index contributed by atoms with van der Waals surface area (Å²) in [4.78, 5) is 8.69. The van der Waals surface area contributed by atoms with Crippen molar-refractivity contribution in [2.24, 2.45) is 0 Å². The molecule has 0 saturated heterocycles. The lowest BCUT2D eigenvalue weighted by molar-refractivity contribution is 0.464. The van der Waals surface area contributed by atoms with Crippen molar-refractivity contribution in [3.05, 3.63) is 18.6 Å². The van der Waals surface area contributed by atoms with Crippen LogP contribution in [0, 0.1) is 0 Å². The normalized spacial score (nSPS) is 11.2. The quantitative estimate of drug-likeness (QED) is 0.748. The van der Waals surface area contributed by atoms with Crippen molar-refractivity contribution in [3.63, 3.8) is 0 Å². The first-order valence-corrected chi connectivity index (χ1v) is 6.84. The first kappa shape index (κ1) is 13.3. The van der Waals surface area contributed by atoms with Gasteiger partial charge in [-0.3, -0.25) is 9.78 Å². The van der Waals surface area contributed by atoms with E-state index in [0.29, 0.717) is 23.2 Å². The molecule has 0 aliphatic heterocycles. The number of anilines is 1. The van der Waals surface area contributed by atoms with E-state index < -0.39 is 0 Å². The molecule has 3 aromatic heterocycles. The molecular weight excluding hydrogens is 270 g/mol. The first-order chi connectivity index (χ1) is 10.2. The van der Waals surface area contributed by atoms with Crippen molar-refractivity contribution in [3.8, 4) is 11.6 Å². The number of nitrogens with one attached hydrogen (secondary N) is 2. The maximum atomic E-state index is 5.83. The van der Waals surface area contributed by atoms with Crippen LogP contribution in [0.2, 0.25) is 0 Å². The molecule has 0 fully saturated rings. The highest BCUT2D eigenvalue weighted by atomic mass is 16.5. The zero-order chi connectivity index (χ0) is 14.8. The van der Waals surface area contributed by atoms with Crippen LogP contribution in [0.25, 0.3) is 11.0 Å². The van der Waals surface area contributed by atoms with Crippen LogP contribution < -0.4 is 10.1 Å². The molecule has 21 heavy (non-hydrogen) atoms. The number of aromatic nitrogens is 6. The van der Waals surface area contributed by atoms with E-state index in [1.165, 1.54) is 0 Å². The number of nitrogens with zero attached hydrogens (tertiary/aromatic N) is 5. The van der Waals surface area contributed by atoms with E-state index in [4.69, 9.17) is 4.74 Å². The molecule has 0 unspecified atom stereocenters. The summed E-state index contributed by atoms with van der Waals surface area (Å²) in [7, 11) is 0. The summed E-state index contributed by atoms with van der Waals surface area (Å²) < 4.78 is 7.66. The van der Waals surface area contributed by atoms with E-state index in [9.17, 15) is 0 Å². The van der Waals surface area contributed by atoms with E-state index in [-0.39, 0.29) is 6.04 Å². The number of ether oxygens (including phenoxy) is 1. The fourth-order valence-electron chi connectivity index (χ4n) is 1.89. The van der Waals surface area contributed by atoms with Crippen LogP contribution in [0.4, 0.5) is 5.95 Å². The van der Waals surface area contributed by atoms with E-state index in [1.54, 1.807) is 12.4 Å². The van der Waals surface area contributed by atoms with Crippen LogP contribution in [0.1, 0.15) is 26.8 Å². The maximum Gasteiger partial charge on any atom is 0.235 e. The highest BCUT2D eigenvalue weighted by Gasteiger charge is 2.12. The Bertz CT molecular complexity index is 746. The zero-order valence-corrected chi connectivity index (χ0v) is 12.2. The molecule has 0 atom stereocenters. The molecule has 3 rings (SSSR count). The van der Waals surface area contributed by atoms with Crippen LogP contribution in [-0.4, -0.2) is 36.5 Å². The molecular formula is C13H17N7O. The summed E-state index contributed by atoms with van der Waals surface area (Å²) in [5, 5.41) is 14.9. The lowest BCUT2D eigenvalue weighted by Gasteiger charge is -2.06. The summed E-state index contributed by atoms with van der Waals surface area (Å²) >= 11 is 0. The Morgan fingerprint density at radius 3 is 2.90 bits per heavy atom. The molecule has 110 valence electrons. The molecule has 0 spiro atoms. The van der Waals surface area contributed by atoms with Gasteiger partial charge in [-0.05, 0) is 20.8 Å². The summed E-state index contributed by atoms with van der Waals surface area (Å²) in [6, 6.07) is 0.277. The summed E-state index contributed by atoms with van der Waals surface area (Å²) in [6.45, 7) is 6.82. The third-order valence-electron chi connectivity index (χ3n) is 2.93. The molecule has 0 aromatic carbocycles. The number of fused-ring (bicyclic) bond motifs is 1. The highest BCUT2D eigenvalue weighted by molar-refractivity contribution is 5.80. The predicted molar refractivity (Wildman–Crippen MR) is 78.5 cm³/mol.